The molecule has 3 heterocycles. The van der Waals surface area contributed by atoms with E-state index in [2.05, 4.69) is 11.0 Å². The minimum Gasteiger partial charge on any atom is -0.507 e. The second-order valence-corrected chi connectivity index (χ2v) is 9.47. The van der Waals surface area contributed by atoms with Crippen LogP contribution < -0.4 is 15.2 Å². The highest BCUT2D eigenvalue weighted by Crippen LogP contribution is 2.57. The maximum Gasteiger partial charge on any atom is 0.167 e. The van der Waals surface area contributed by atoms with E-state index in [0.717, 1.165) is 16.8 Å². The Hall–Kier alpha value is -3.61. The molecule has 184 valence electrons. The summed E-state index contributed by atoms with van der Waals surface area (Å²) in [6.45, 7) is 3.66. The topological polar surface area (TPSA) is 135 Å². The van der Waals surface area contributed by atoms with Crippen molar-refractivity contribution in [1.29, 1.82) is 5.26 Å². The minimum atomic E-state index is -0.579. The van der Waals surface area contributed by atoms with Crippen molar-refractivity contribution in [2.24, 2.45) is 5.73 Å². The molecule has 0 aromatic heterocycles. The van der Waals surface area contributed by atoms with Gasteiger partial charge >= 0.3 is 0 Å². The summed E-state index contributed by atoms with van der Waals surface area (Å²) < 4.78 is 10.9. The van der Waals surface area contributed by atoms with Crippen LogP contribution in [0.4, 0.5) is 0 Å². The Morgan fingerprint density at radius 1 is 1.09 bits per heavy atom. The lowest BCUT2D eigenvalue weighted by Gasteiger charge is -2.57. The van der Waals surface area contributed by atoms with Crippen molar-refractivity contribution >= 4 is 6.08 Å². The molecule has 5 rings (SSSR count). The monoisotopic (exact) mass is 478 g/mol. The number of phenols is 3. The molecule has 5 N–H and O–H groups in total. The molecule has 9 nitrogen and oxygen atoms in total. The normalized spacial score (nSPS) is 24.6. The molecule has 1 saturated heterocycles. The Kier molecular flexibility index (Phi) is 5.27. The molecule has 2 aromatic carbocycles. The van der Waals surface area contributed by atoms with Crippen molar-refractivity contribution in [3.63, 3.8) is 0 Å². The molecular formula is C26H30N4O5. The van der Waals surface area contributed by atoms with Gasteiger partial charge in [0.2, 0.25) is 0 Å². The van der Waals surface area contributed by atoms with Crippen LogP contribution in [0, 0.1) is 25.2 Å². The van der Waals surface area contributed by atoms with E-state index in [0.29, 0.717) is 34.4 Å². The fourth-order valence-corrected chi connectivity index (χ4v) is 6.33. The maximum atomic E-state index is 11.3. The zero-order chi connectivity index (χ0) is 25.3. The number of likely N-dealkylation sites (N-methyl/N-ethyl adjacent to an activating group) is 1. The lowest BCUT2D eigenvalue weighted by atomic mass is 9.75. The highest BCUT2D eigenvalue weighted by atomic mass is 16.5. The van der Waals surface area contributed by atoms with Crippen LogP contribution in [0.1, 0.15) is 45.5 Å². The van der Waals surface area contributed by atoms with E-state index in [9.17, 15) is 20.6 Å². The molecule has 0 saturated carbocycles. The number of hydrogen-bond acceptors (Lipinski definition) is 9. The zero-order valence-corrected chi connectivity index (χ0v) is 20.5. The van der Waals surface area contributed by atoms with E-state index in [-0.39, 0.29) is 35.6 Å². The van der Waals surface area contributed by atoms with Crippen molar-refractivity contribution in [2.75, 3.05) is 27.8 Å². The van der Waals surface area contributed by atoms with E-state index in [1.807, 2.05) is 24.9 Å². The lowest BCUT2D eigenvalue weighted by Crippen LogP contribution is -2.62. The van der Waals surface area contributed by atoms with Gasteiger partial charge in [-0.05, 0) is 44.5 Å². The number of aromatic hydroxyl groups is 3. The maximum absolute atomic E-state index is 11.3. The summed E-state index contributed by atoms with van der Waals surface area (Å²) in [6, 6.07) is 2.74. The van der Waals surface area contributed by atoms with Gasteiger partial charge in [-0.15, -0.1) is 0 Å². The average molecular weight is 479 g/mol. The Labute approximate surface area is 204 Å². The number of nitriles is 1. The molecule has 35 heavy (non-hydrogen) atoms. The van der Waals surface area contributed by atoms with Gasteiger partial charge in [-0.2, -0.15) is 5.26 Å². The number of nitrogens with two attached hydrogens (primary N) is 1. The third-order valence-corrected chi connectivity index (χ3v) is 7.88. The summed E-state index contributed by atoms with van der Waals surface area (Å²) in [5.41, 5.74) is 10.8. The summed E-state index contributed by atoms with van der Waals surface area (Å²) in [5, 5.41) is 43.9. The van der Waals surface area contributed by atoms with Gasteiger partial charge in [0.1, 0.15) is 11.8 Å². The standard InChI is InChI=1S/C26H30N4O5/c1-11-6-13-7-15-17(9-27)30-16(21(29(15)3)19(13)23(32)25(11)34-4)8-14-20(18(30)10-28)24(33)26(35-5)12(2)22(14)31/h6,8,15,17-18,21,31-33H,7,10,28H2,1-5H3/t15-,17-,18-,21?/m0/s1. The van der Waals surface area contributed by atoms with Crippen molar-refractivity contribution < 1.29 is 24.8 Å². The van der Waals surface area contributed by atoms with Crippen molar-refractivity contribution in [3.8, 4) is 34.8 Å². The first kappa shape index (κ1) is 23.1. The highest BCUT2D eigenvalue weighted by Gasteiger charge is 2.52. The molecule has 9 heteroatoms. The second kappa shape index (κ2) is 7.97. The van der Waals surface area contributed by atoms with Crippen LogP contribution in [-0.4, -0.2) is 65.0 Å². The van der Waals surface area contributed by atoms with Crippen LogP contribution in [0.2, 0.25) is 0 Å². The van der Waals surface area contributed by atoms with E-state index < -0.39 is 18.1 Å². The molecule has 1 fully saturated rings. The molecule has 0 spiro atoms. The summed E-state index contributed by atoms with van der Waals surface area (Å²) in [7, 11) is 4.90. The molecule has 0 aliphatic carbocycles. The van der Waals surface area contributed by atoms with Crippen molar-refractivity contribution in [2.45, 2.75) is 44.4 Å². The summed E-state index contributed by atoms with van der Waals surface area (Å²) in [4.78, 5) is 4.04. The van der Waals surface area contributed by atoms with Gasteiger partial charge in [-0.1, -0.05) is 6.07 Å². The van der Waals surface area contributed by atoms with Crippen LogP contribution in [0.25, 0.3) is 6.08 Å². The van der Waals surface area contributed by atoms with E-state index in [1.54, 1.807) is 13.0 Å². The molecule has 2 bridgehead atoms. The third kappa shape index (κ3) is 2.87. The van der Waals surface area contributed by atoms with E-state index in [1.165, 1.54) is 14.2 Å². The smallest absolute Gasteiger partial charge is 0.167 e. The number of nitrogens with zero attached hydrogens (tertiary/aromatic N) is 3. The molecule has 0 amide bonds. The van der Waals surface area contributed by atoms with E-state index in [4.69, 9.17) is 15.2 Å². The third-order valence-electron chi connectivity index (χ3n) is 7.88. The predicted molar refractivity (Wildman–Crippen MR) is 129 cm³/mol. The van der Waals surface area contributed by atoms with Crippen LogP contribution >= 0.6 is 0 Å². The Morgan fingerprint density at radius 2 is 1.74 bits per heavy atom. The first-order valence-corrected chi connectivity index (χ1v) is 11.5. The average Bonchev–Trinajstić information content (AvgIpc) is 2.83. The molecule has 3 aliphatic rings. The van der Waals surface area contributed by atoms with Gasteiger partial charge in [0.15, 0.2) is 23.0 Å². The predicted octanol–water partition coefficient (Wildman–Crippen LogP) is 2.60. The van der Waals surface area contributed by atoms with Crippen molar-refractivity contribution in [3.05, 3.63) is 45.1 Å². The van der Waals surface area contributed by atoms with E-state index >= 15 is 0 Å². The number of benzene rings is 2. The molecular weight excluding hydrogens is 448 g/mol. The quantitative estimate of drug-likeness (QED) is 0.491. The molecule has 2 aromatic rings. The molecule has 3 aliphatic heterocycles. The number of rotatable bonds is 3. The van der Waals surface area contributed by atoms with Crippen LogP contribution in [0.15, 0.2) is 11.8 Å². The summed E-state index contributed by atoms with van der Waals surface area (Å²) in [6.07, 6.45) is 2.35. The zero-order valence-electron chi connectivity index (χ0n) is 20.5. The first-order chi connectivity index (χ1) is 16.7. The number of aryl methyl sites for hydroxylation is 1. The van der Waals surface area contributed by atoms with Gasteiger partial charge in [0, 0.05) is 40.5 Å². The fraction of sp³-hybridized carbons (Fsp3) is 0.423. The lowest BCUT2D eigenvalue weighted by molar-refractivity contribution is 0.0209. The number of fused-ring (bicyclic) bond motifs is 7. The fourth-order valence-electron chi connectivity index (χ4n) is 6.33. The number of hydrogen-bond donors (Lipinski definition) is 4. The largest absolute Gasteiger partial charge is 0.507 e. The Balaban J connectivity index is 1.85. The second-order valence-electron chi connectivity index (χ2n) is 9.47. The highest BCUT2D eigenvalue weighted by molar-refractivity contribution is 5.76. The number of piperazine rings is 1. The van der Waals surface area contributed by atoms with Crippen LogP contribution in [-0.2, 0) is 6.42 Å². The van der Waals surface area contributed by atoms with Crippen LogP contribution in [0.5, 0.6) is 28.7 Å². The SMILES string of the molecule is COc1c(C)cc2c(c1O)C1C3=Cc4c(O)c(C)c(OC)c(O)c4[C@H](CN)N3[C@@H](C#N)[C@H](C2)N1C. The van der Waals surface area contributed by atoms with Crippen LogP contribution in [0.3, 0.4) is 0 Å². The summed E-state index contributed by atoms with van der Waals surface area (Å²) >= 11 is 0. The number of methoxy groups -OCH3 is 2. The molecule has 4 atom stereocenters. The van der Waals surface area contributed by atoms with Gasteiger partial charge in [-0.25, -0.2) is 0 Å². The summed E-state index contributed by atoms with van der Waals surface area (Å²) in [5.74, 6) is 0.563. The molecule has 1 unspecified atom stereocenters. The number of ether oxygens (including phenoxy) is 2. The van der Waals surface area contributed by atoms with Gasteiger partial charge < -0.3 is 35.4 Å². The van der Waals surface area contributed by atoms with Gasteiger partial charge in [-0.3, -0.25) is 4.90 Å². The first-order valence-electron chi connectivity index (χ1n) is 11.5. The number of phenolic OH excluding ortho intramolecular Hbond substituents is 3. The van der Waals surface area contributed by atoms with Crippen molar-refractivity contribution in [1.82, 2.24) is 9.80 Å². The Morgan fingerprint density at radius 3 is 2.34 bits per heavy atom. The van der Waals surface area contributed by atoms with Gasteiger partial charge in [0.25, 0.3) is 0 Å². The minimum absolute atomic E-state index is 0.0136. The molecule has 0 radical (unpaired) electrons. The van der Waals surface area contributed by atoms with Gasteiger partial charge in [0.05, 0.1) is 32.4 Å². The Bertz CT molecular complexity index is 1310.